The minimum atomic E-state index is -0.242. The highest BCUT2D eigenvalue weighted by atomic mass is 19.1. The molecule has 0 aliphatic rings. The molecule has 2 rings (SSSR count). The van der Waals surface area contributed by atoms with Crippen molar-refractivity contribution in [1.82, 2.24) is 0 Å². The van der Waals surface area contributed by atoms with Gasteiger partial charge in [0.15, 0.2) is 0 Å². The van der Waals surface area contributed by atoms with E-state index in [1.807, 2.05) is 24.1 Å². The number of hydrogen-bond acceptors (Lipinski definition) is 2. The Labute approximate surface area is 113 Å². The van der Waals surface area contributed by atoms with E-state index in [0.29, 0.717) is 6.54 Å². The number of anilines is 1. The Bertz CT molecular complexity index is 566. The second-order valence-electron chi connectivity index (χ2n) is 4.87. The summed E-state index contributed by atoms with van der Waals surface area (Å²) in [6.07, 6.45) is 0. The van der Waals surface area contributed by atoms with Crippen LogP contribution >= 0.6 is 0 Å². The summed E-state index contributed by atoms with van der Waals surface area (Å²) in [6.45, 7) is 3.16. The molecule has 100 valence electrons. The van der Waals surface area contributed by atoms with E-state index >= 15 is 0 Å². The predicted molar refractivity (Wildman–Crippen MR) is 77.6 cm³/mol. The van der Waals surface area contributed by atoms with Crippen LogP contribution in [-0.4, -0.2) is 7.05 Å². The molecular formula is C16H19FN2. The molecule has 2 N–H and O–H groups in total. The van der Waals surface area contributed by atoms with Gasteiger partial charge in [-0.1, -0.05) is 29.8 Å². The van der Waals surface area contributed by atoms with Gasteiger partial charge in [-0.05, 0) is 36.2 Å². The monoisotopic (exact) mass is 258 g/mol. The summed E-state index contributed by atoms with van der Waals surface area (Å²) in [5.41, 5.74) is 9.67. The van der Waals surface area contributed by atoms with Crippen molar-refractivity contribution < 1.29 is 4.39 Å². The van der Waals surface area contributed by atoms with Crippen molar-refractivity contribution in [2.75, 3.05) is 11.9 Å². The fraction of sp³-hybridized carbons (Fsp3) is 0.250. The number of halogens is 1. The topological polar surface area (TPSA) is 29.3 Å². The zero-order valence-corrected chi connectivity index (χ0v) is 11.4. The maximum absolute atomic E-state index is 13.5. The molecule has 0 amide bonds. The molecule has 0 unspecified atom stereocenters. The number of nitrogens with zero attached hydrogens (tertiary/aromatic N) is 1. The Morgan fingerprint density at radius 1 is 1.11 bits per heavy atom. The van der Waals surface area contributed by atoms with E-state index in [0.717, 1.165) is 17.8 Å². The van der Waals surface area contributed by atoms with Crippen LogP contribution < -0.4 is 10.6 Å². The number of benzene rings is 2. The highest BCUT2D eigenvalue weighted by Gasteiger charge is 2.06. The Hall–Kier alpha value is -1.87. The predicted octanol–water partition coefficient (Wildman–Crippen LogP) is 3.23. The van der Waals surface area contributed by atoms with Crippen molar-refractivity contribution in [3.63, 3.8) is 0 Å². The van der Waals surface area contributed by atoms with Crippen molar-refractivity contribution in [1.29, 1.82) is 0 Å². The molecule has 0 saturated carbocycles. The Balaban J connectivity index is 2.20. The maximum Gasteiger partial charge on any atom is 0.125 e. The third-order valence-corrected chi connectivity index (χ3v) is 3.12. The summed E-state index contributed by atoms with van der Waals surface area (Å²) in [7, 11) is 1.96. The van der Waals surface area contributed by atoms with Crippen LogP contribution in [0.1, 0.15) is 16.7 Å². The first kappa shape index (κ1) is 13.6. The van der Waals surface area contributed by atoms with Gasteiger partial charge in [0.05, 0.1) is 0 Å². The van der Waals surface area contributed by atoms with Gasteiger partial charge in [0.25, 0.3) is 0 Å². The minimum absolute atomic E-state index is 0.242. The van der Waals surface area contributed by atoms with E-state index in [-0.39, 0.29) is 5.82 Å². The zero-order chi connectivity index (χ0) is 13.8. The normalized spacial score (nSPS) is 10.5. The van der Waals surface area contributed by atoms with Crippen molar-refractivity contribution in [3.05, 3.63) is 65.0 Å². The molecule has 19 heavy (non-hydrogen) atoms. The molecule has 0 spiro atoms. The van der Waals surface area contributed by atoms with Gasteiger partial charge in [-0.25, -0.2) is 4.39 Å². The summed E-state index contributed by atoms with van der Waals surface area (Å²) in [4.78, 5) is 2.02. The van der Waals surface area contributed by atoms with Crippen LogP contribution in [-0.2, 0) is 13.1 Å². The van der Waals surface area contributed by atoms with E-state index in [1.165, 1.54) is 23.3 Å². The highest BCUT2D eigenvalue weighted by Crippen LogP contribution is 2.19. The van der Waals surface area contributed by atoms with E-state index in [4.69, 9.17) is 5.73 Å². The molecule has 3 heteroatoms. The Morgan fingerprint density at radius 3 is 2.58 bits per heavy atom. The van der Waals surface area contributed by atoms with Gasteiger partial charge >= 0.3 is 0 Å². The van der Waals surface area contributed by atoms with Crippen molar-refractivity contribution in [3.8, 4) is 0 Å². The lowest BCUT2D eigenvalue weighted by Crippen LogP contribution is -2.17. The fourth-order valence-electron chi connectivity index (χ4n) is 2.15. The molecule has 0 atom stereocenters. The zero-order valence-electron chi connectivity index (χ0n) is 11.4. The van der Waals surface area contributed by atoms with Crippen LogP contribution in [0.25, 0.3) is 0 Å². The minimum Gasteiger partial charge on any atom is -0.370 e. The van der Waals surface area contributed by atoms with Gasteiger partial charge in [0.1, 0.15) is 5.82 Å². The molecule has 2 nitrogen and oxygen atoms in total. The summed E-state index contributed by atoms with van der Waals surface area (Å²) in [5, 5.41) is 0. The summed E-state index contributed by atoms with van der Waals surface area (Å²) in [6, 6.07) is 13.3. The fourth-order valence-corrected chi connectivity index (χ4v) is 2.15. The van der Waals surface area contributed by atoms with Crippen LogP contribution in [0.3, 0.4) is 0 Å². The molecule has 0 aliphatic heterocycles. The molecule has 0 saturated heterocycles. The van der Waals surface area contributed by atoms with Crippen molar-refractivity contribution >= 4 is 5.69 Å². The Kier molecular flexibility index (Phi) is 4.17. The van der Waals surface area contributed by atoms with Crippen molar-refractivity contribution in [2.45, 2.75) is 20.0 Å². The average molecular weight is 258 g/mol. The molecule has 0 radical (unpaired) electrons. The lowest BCUT2D eigenvalue weighted by molar-refractivity contribution is 0.624. The Morgan fingerprint density at radius 2 is 1.89 bits per heavy atom. The third-order valence-electron chi connectivity index (χ3n) is 3.12. The van der Waals surface area contributed by atoms with E-state index in [2.05, 4.69) is 25.1 Å². The molecule has 2 aromatic carbocycles. The first-order valence-corrected chi connectivity index (χ1v) is 6.34. The van der Waals surface area contributed by atoms with Crippen LogP contribution in [0, 0.1) is 12.7 Å². The summed E-state index contributed by atoms with van der Waals surface area (Å²) < 4.78 is 13.5. The van der Waals surface area contributed by atoms with Gasteiger partial charge in [0, 0.05) is 25.8 Å². The quantitative estimate of drug-likeness (QED) is 0.912. The smallest absolute Gasteiger partial charge is 0.125 e. The van der Waals surface area contributed by atoms with Crippen LogP contribution in [0.5, 0.6) is 0 Å². The largest absolute Gasteiger partial charge is 0.370 e. The van der Waals surface area contributed by atoms with Gasteiger partial charge in [-0.15, -0.1) is 0 Å². The molecule has 0 aromatic heterocycles. The van der Waals surface area contributed by atoms with Crippen LogP contribution in [0.4, 0.5) is 10.1 Å². The summed E-state index contributed by atoms with van der Waals surface area (Å²) >= 11 is 0. The number of rotatable bonds is 4. The van der Waals surface area contributed by atoms with Crippen molar-refractivity contribution in [2.24, 2.45) is 5.73 Å². The van der Waals surface area contributed by atoms with E-state index in [1.54, 1.807) is 0 Å². The second kappa shape index (κ2) is 5.85. The molecule has 2 aromatic rings. The van der Waals surface area contributed by atoms with E-state index < -0.39 is 0 Å². The lowest BCUT2D eigenvalue weighted by Gasteiger charge is -2.20. The maximum atomic E-state index is 13.5. The van der Waals surface area contributed by atoms with Crippen LogP contribution in [0.15, 0.2) is 42.5 Å². The van der Waals surface area contributed by atoms with Crippen LogP contribution in [0.2, 0.25) is 0 Å². The molecule has 0 heterocycles. The van der Waals surface area contributed by atoms with Gasteiger partial charge in [-0.3, -0.25) is 0 Å². The van der Waals surface area contributed by atoms with E-state index in [9.17, 15) is 4.39 Å². The average Bonchev–Trinajstić information content (AvgIpc) is 2.38. The lowest BCUT2D eigenvalue weighted by atomic mass is 10.1. The highest BCUT2D eigenvalue weighted by molar-refractivity contribution is 5.49. The number of aryl methyl sites for hydroxylation is 1. The molecule has 0 bridgehead atoms. The first-order chi connectivity index (χ1) is 9.08. The molecule has 0 aliphatic carbocycles. The van der Waals surface area contributed by atoms with Gasteiger partial charge < -0.3 is 10.6 Å². The molecule has 0 fully saturated rings. The van der Waals surface area contributed by atoms with Gasteiger partial charge in [-0.2, -0.15) is 0 Å². The standard InChI is InChI=1S/C16H19FN2/c1-12-4-3-5-13(6-12)11-19(2)16-8-14(10-18)7-15(17)9-16/h3-9H,10-11,18H2,1-2H3. The number of nitrogens with two attached hydrogens (primary N) is 1. The first-order valence-electron chi connectivity index (χ1n) is 6.34. The van der Waals surface area contributed by atoms with Gasteiger partial charge in [0.2, 0.25) is 0 Å². The third kappa shape index (κ3) is 3.55. The second-order valence-corrected chi connectivity index (χ2v) is 4.87. The number of hydrogen-bond donors (Lipinski definition) is 1. The molecular weight excluding hydrogens is 239 g/mol. The summed E-state index contributed by atoms with van der Waals surface area (Å²) in [5.74, 6) is -0.242. The SMILES string of the molecule is Cc1cccc(CN(C)c2cc(F)cc(CN)c2)c1.